The van der Waals surface area contributed by atoms with Gasteiger partial charge in [0.2, 0.25) is 0 Å². The minimum atomic E-state index is -1.15. The molecule has 0 aromatic heterocycles. The van der Waals surface area contributed by atoms with E-state index in [2.05, 4.69) is 0 Å². The van der Waals surface area contributed by atoms with Crippen LogP contribution in [-0.2, 0) is 18.9 Å². The molecule has 14 nitrogen and oxygen atoms in total. The van der Waals surface area contributed by atoms with Gasteiger partial charge < -0.3 is 39.4 Å². The molecule has 0 aliphatic rings. The van der Waals surface area contributed by atoms with Crippen molar-refractivity contribution in [2.45, 2.75) is 41.5 Å². The zero-order valence-corrected chi connectivity index (χ0v) is 30.5. The number of carboxylic acid groups (broad SMARTS) is 2. The highest BCUT2D eigenvalue weighted by molar-refractivity contribution is 5.96. The van der Waals surface area contributed by atoms with Gasteiger partial charge in [-0.25, -0.2) is 28.8 Å². The average Bonchev–Trinajstić information content (AvgIpc) is 3.14. The molecule has 3 aromatic rings. The van der Waals surface area contributed by atoms with Crippen LogP contribution in [0, 0.1) is 16.2 Å². The average molecular weight is 739 g/mol. The molecule has 0 saturated heterocycles. The fourth-order valence-electron chi connectivity index (χ4n) is 3.84. The summed E-state index contributed by atoms with van der Waals surface area (Å²) in [5.74, 6) is -4.83. The van der Waals surface area contributed by atoms with Gasteiger partial charge in [0.1, 0.15) is 0 Å². The fourth-order valence-corrected chi connectivity index (χ4v) is 3.84. The molecule has 3 rings (SSSR count). The lowest BCUT2D eigenvalue weighted by molar-refractivity contribution is 0.00606. The summed E-state index contributed by atoms with van der Waals surface area (Å²) in [6.07, 6.45) is 0. The second-order valence-corrected chi connectivity index (χ2v) is 14.5. The number of ether oxygens (including phenoxy) is 4. The maximum Gasteiger partial charge on any atom is 0.338 e. The molecule has 0 amide bonds. The number of benzene rings is 3. The van der Waals surface area contributed by atoms with E-state index in [1.165, 1.54) is 54.6 Å². The van der Waals surface area contributed by atoms with Crippen molar-refractivity contribution >= 4 is 35.8 Å². The lowest BCUT2D eigenvalue weighted by Gasteiger charge is -2.23. The molecule has 0 heterocycles. The first kappa shape index (κ1) is 43.6. The maximum absolute atomic E-state index is 12.1. The molecule has 0 unspecified atom stereocenters. The monoisotopic (exact) mass is 738 g/mol. The molecule has 0 radical (unpaired) electrons. The van der Waals surface area contributed by atoms with E-state index in [0.29, 0.717) is 0 Å². The summed E-state index contributed by atoms with van der Waals surface area (Å²) in [7, 11) is 0. The molecule has 0 aliphatic carbocycles. The lowest BCUT2D eigenvalue weighted by Crippen LogP contribution is -2.28. The molecule has 0 atom stereocenters. The van der Waals surface area contributed by atoms with Crippen LogP contribution in [0.25, 0.3) is 0 Å². The van der Waals surface area contributed by atoms with E-state index in [-0.39, 0.29) is 73.0 Å². The number of carboxylic acids is 2. The molecular weight excluding hydrogens is 692 g/mol. The van der Waals surface area contributed by atoms with Crippen molar-refractivity contribution < 1.29 is 68.1 Å². The van der Waals surface area contributed by atoms with E-state index in [1.807, 2.05) is 0 Å². The van der Waals surface area contributed by atoms with Crippen LogP contribution in [-0.4, -0.2) is 95.9 Å². The standard InChI is InChI=1S/C21H20O8.C18H26O6/c1-21(2,11-28-19(26)15-7-3-5-13(9-15)17(22)23)12-29-20(27)16-8-4-6-14(10-16)18(24)25;1-17(2,9-19)11-23-15(21)13-6-5-7-14(8-13)16(22)24-12-18(3,4)10-20/h3-10H,11-12H2,1-2H3,(H,22,23)(H,24,25);5-8,19-20H,9-12H2,1-4H3. The number of aromatic carboxylic acids is 2. The van der Waals surface area contributed by atoms with Crippen molar-refractivity contribution in [2.24, 2.45) is 16.2 Å². The van der Waals surface area contributed by atoms with Crippen LogP contribution < -0.4 is 0 Å². The number of hydrogen-bond donors (Lipinski definition) is 4. The Kier molecular flexibility index (Phi) is 15.9. The molecule has 0 bridgehead atoms. The number of esters is 4. The van der Waals surface area contributed by atoms with Crippen LogP contribution in [0.2, 0.25) is 0 Å². The van der Waals surface area contributed by atoms with Gasteiger partial charge in [-0.05, 0) is 54.6 Å². The van der Waals surface area contributed by atoms with E-state index in [4.69, 9.17) is 39.4 Å². The van der Waals surface area contributed by atoms with Gasteiger partial charge >= 0.3 is 35.8 Å². The summed E-state index contributed by atoms with van der Waals surface area (Å²) in [4.78, 5) is 70.4. The second-order valence-electron chi connectivity index (χ2n) is 14.5. The Morgan fingerprint density at radius 2 is 0.660 bits per heavy atom. The van der Waals surface area contributed by atoms with Crippen molar-refractivity contribution in [2.75, 3.05) is 39.6 Å². The van der Waals surface area contributed by atoms with Gasteiger partial charge in [-0.15, -0.1) is 0 Å². The molecule has 0 aliphatic heterocycles. The highest BCUT2D eigenvalue weighted by Crippen LogP contribution is 2.20. The highest BCUT2D eigenvalue weighted by Gasteiger charge is 2.25. The van der Waals surface area contributed by atoms with E-state index < -0.39 is 52.1 Å². The normalized spacial score (nSPS) is 11.3. The van der Waals surface area contributed by atoms with Crippen LogP contribution in [0.4, 0.5) is 0 Å². The third-order valence-electron chi connectivity index (χ3n) is 7.26. The van der Waals surface area contributed by atoms with Gasteiger partial charge in [0, 0.05) is 16.2 Å². The van der Waals surface area contributed by atoms with Gasteiger partial charge in [-0.2, -0.15) is 0 Å². The van der Waals surface area contributed by atoms with Gasteiger partial charge in [0.25, 0.3) is 0 Å². The van der Waals surface area contributed by atoms with Crippen LogP contribution >= 0.6 is 0 Å². The zero-order valence-electron chi connectivity index (χ0n) is 30.5. The Balaban J connectivity index is 0.000000374. The predicted octanol–water partition coefficient (Wildman–Crippen LogP) is 5.16. The molecule has 53 heavy (non-hydrogen) atoms. The van der Waals surface area contributed by atoms with Crippen molar-refractivity contribution in [3.8, 4) is 0 Å². The van der Waals surface area contributed by atoms with E-state index in [0.717, 1.165) is 0 Å². The molecule has 286 valence electrons. The number of aliphatic hydroxyl groups excluding tert-OH is 2. The lowest BCUT2D eigenvalue weighted by atomic mass is 9.96. The third-order valence-corrected chi connectivity index (χ3v) is 7.26. The number of rotatable bonds is 16. The zero-order chi connectivity index (χ0) is 40.0. The van der Waals surface area contributed by atoms with Gasteiger partial charge in [-0.1, -0.05) is 59.7 Å². The van der Waals surface area contributed by atoms with E-state index in [9.17, 15) is 28.8 Å². The molecule has 0 fully saturated rings. The quantitative estimate of drug-likeness (QED) is 0.110. The van der Waals surface area contributed by atoms with Crippen molar-refractivity contribution in [1.29, 1.82) is 0 Å². The molecular formula is C39H46O14. The first-order chi connectivity index (χ1) is 24.7. The molecule has 0 spiro atoms. The SMILES string of the molecule is CC(C)(CO)COC(=O)c1cccc(C(=O)OCC(C)(C)CO)c1.CC(C)(COC(=O)c1cccc(C(=O)O)c1)COC(=O)c1cccc(C(=O)O)c1. The number of aliphatic hydroxyl groups is 2. The Hall–Kier alpha value is -5.60. The van der Waals surface area contributed by atoms with Crippen LogP contribution in [0.15, 0.2) is 72.8 Å². The first-order valence-electron chi connectivity index (χ1n) is 16.4. The van der Waals surface area contributed by atoms with Crippen LogP contribution in [0.3, 0.4) is 0 Å². The summed E-state index contributed by atoms with van der Waals surface area (Å²) in [6.45, 7) is 10.3. The molecule has 4 N–H and O–H groups in total. The fraction of sp³-hybridized carbons (Fsp3) is 0.385. The van der Waals surface area contributed by atoms with Crippen LogP contribution in [0.1, 0.15) is 104 Å². The number of carbonyl (C=O) groups excluding carboxylic acids is 4. The summed E-state index contributed by atoms with van der Waals surface area (Å²) in [5.41, 5.74) is -1.16. The van der Waals surface area contributed by atoms with Crippen LogP contribution in [0.5, 0.6) is 0 Å². The Morgan fingerprint density at radius 3 is 0.906 bits per heavy atom. The summed E-state index contributed by atoms with van der Waals surface area (Å²) >= 11 is 0. The maximum atomic E-state index is 12.1. The molecule has 3 aromatic carbocycles. The number of hydrogen-bond acceptors (Lipinski definition) is 12. The van der Waals surface area contributed by atoms with Crippen molar-refractivity contribution in [3.63, 3.8) is 0 Å². The van der Waals surface area contributed by atoms with Crippen molar-refractivity contribution in [3.05, 3.63) is 106 Å². The molecule has 14 heteroatoms. The minimum Gasteiger partial charge on any atom is -0.478 e. The topological polar surface area (TPSA) is 220 Å². The summed E-state index contributed by atoms with van der Waals surface area (Å²) in [6, 6.07) is 17.0. The minimum absolute atomic E-state index is 0.0313. The second kappa shape index (κ2) is 19.3. The largest absolute Gasteiger partial charge is 0.478 e. The first-order valence-corrected chi connectivity index (χ1v) is 16.4. The molecule has 0 saturated carbocycles. The summed E-state index contributed by atoms with van der Waals surface area (Å²) in [5, 5.41) is 36.3. The third kappa shape index (κ3) is 14.9. The summed E-state index contributed by atoms with van der Waals surface area (Å²) < 4.78 is 20.8. The number of carbonyl (C=O) groups is 6. The predicted molar refractivity (Wildman–Crippen MR) is 190 cm³/mol. The van der Waals surface area contributed by atoms with Gasteiger partial charge in [0.05, 0.1) is 73.0 Å². The Morgan fingerprint density at radius 1 is 0.434 bits per heavy atom. The van der Waals surface area contributed by atoms with E-state index >= 15 is 0 Å². The van der Waals surface area contributed by atoms with Gasteiger partial charge in [0.15, 0.2) is 0 Å². The highest BCUT2D eigenvalue weighted by atomic mass is 16.6. The van der Waals surface area contributed by atoms with E-state index in [1.54, 1.807) is 59.7 Å². The Labute approximate surface area is 307 Å². The van der Waals surface area contributed by atoms with Gasteiger partial charge in [-0.3, -0.25) is 0 Å². The Bertz CT molecular complexity index is 1650. The van der Waals surface area contributed by atoms with Crippen molar-refractivity contribution in [1.82, 2.24) is 0 Å². The smallest absolute Gasteiger partial charge is 0.338 e.